The molecule has 0 unspecified atom stereocenters. The van der Waals surface area contributed by atoms with Crippen molar-refractivity contribution in [3.8, 4) is 11.5 Å². The van der Waals surface area contributed by atoms with E-state index in [1.54, 1.807) is 0 Å². The van der Waals surface area contributed by atoms with Crippen molar-refractivity contribution in [2.75, 3.05) is 24.7 Å². The summed E-state index contributed by atoms with van der Waals surface area (Å²) < 4.78 is 11.1. The Kier molecular flexibility index (Phi) is 15.2. The maximum Gasteiger partial charge on any atom is 0.166 e. The van der Waals surface area contributed by atoms with Gasteiger partial charge in [0, 0.05) is 23.6 Å². The third-order valence-corrected chi connectivity index (χ3v) is 7.92. The number of unbranched alkanes of at least 4 members (excludes halogenated alkanes) is 7. The number of ether oxygens (including phenoxy) is 2. The van der Waals surface area contributed by atoms with E-state index < -0.39 is 0 Å². The minimum atomic E-state index is 0. The summed E-state index contributed by atoms with van der Waals surface area (Å²) in [7, 11) is 0. The first kappa shape index (κ1) is 32.5. The lowest BCUT2D eigenvalue weighted by molar-refractivity contribution is -0.00100. The minimum absolute atomic E-state index is 0. The first-order valence-electron chi connectivity index (χ1n) is 13.3. The number of fused-ring (bicyclic) bond motifs is 2. The Labute approximate surface area is 247 Å². The van der Waals surface area contributed by atoms with Crippen molar-refractivity contribution in [3.05, 3.63) is 36.4 Å². The number of imidazole rings is 2. The van der Waals surface area contributed by atoms with E-state index in [-0.39, 0.29) is 24.8 Å². The van der Waals surface area contributed by atoms with Crippen LogP contribution in [0.1, 0.15) is 65.2 Å². The molecule has 6 nitrogen and oxygen atoms in total. The van der Waals surface area contributed by atoms with Gasteiger partial charge in [-0.1, -0.05) is 62.0 Å². The van der Waals surface area contributed by atoms with Crippen molar-refractivity contribution in [3.63, 3.8) is 0 Å². The number of H-pyrrole nitrogens is 2. The smallest absolute Gasteiger partial charge is 0.166 e. The van der Waals surface area contributed by atoms with E-state index in [1.165, 1.54) is 51.4 Å². The van der Waals surface area contributed by atoms with Crippen LogP contribution >= 0.6 is 23.5 Å². The highest BCUT2D eigenvalue weighted by molar-refractivity contribution is 7.99. The topological polar surface area (TPSA) is 75.8 Å². The summed E-state index contributed by atoms with van der Waals surface area (Å²) in [5, 5.41) is 2.02. The van der Waals surface area contributed by atoms with Crippen molar-refractivity contribution in [1.29, 1.82) is 0 Å². The average Bonchev–Trinajstić information content (AvgIpc) is 3.47. The molecule has 0 aliphatic rings. The van der Waals surface area contributed by atoms with Crippen LogP contribution in [0.15, 0.2) is 46.7 Å². The van der Waals surface area contributed by atoms with Crippen LogP contribution in [0.3, 0.4) is 0 Å². The lowest BCUT2D eigenvalue weighted by Gasteiger charge is -2.02. The molecular formula is C28H38Cl2N4O2S2-2. The van der Waals surface area contributed by atoms with Gasteiger partial charge in [0.05, 0.1) is 35.3 Å². The largest absolute Gasteiger partial charge is 1.00 e. The summed E-state index contributed by atoms with van der Waals surface area (Å²) in [6, 6.07) is 12.1. The quantitative estimate of drug-likeness (QED) is 0.144. The molecule has 38 heavy (non-hydrogen) atoms. The van der Waals surface area contributed by atoms with Crippen LogP contribution in [0, 0.1) is 0 Å². The van der Waals surface area contributed by atoms with Gasteiger partial charge < -0.3 is 44.3 Å². The molecule has 0 saturated carbocycles. The number of thioether (sulfide) groups is 2. The summed E-state index contributed by atoms with van der Waals surface area (Å²) in [6.07, 6.45) is 10.4. The summed E-state index contributed by atoms with van der Waals surface area (Å²) in [4.78, 5) is 16.2. The zero-order chi connectivity index (χ0) is 25.0. The fourth-order valence-corrected chi connectivity index (χ4v) is 5.96. The third kappa shape index (κ3) is 10.1. The molecule has 2 heterocycles. The summed E-state index contributed by atoms with van der Waals surface area (Å²) in [5.41, 5.74) is 4.12. The lowest BCUT2D eigenvalue weighted by atomic mass is 10.1. The normalized spacial score (nSPS) is 10.9. The number of rotatable bonds is 17. The van der Waals surface area contributed by atoms with Crippen molar-refractivity contribution < 1.29 is 34.3 Å². The van der Waals surface area contributed by atoms with E-state index in [1.807, 2.05) is 73.8 Å². The maximum atomic E-state index is 5.57. The molecule has 210 valence electrons. The molecule has 4 rings (SSSR count). The van der Waals surface area contributed by atoms with E-state index in [0.29, 0.717) is 13.2 Å². The van der Waals surface area contributed by atoms with E-state index in [4.69, 9.17) is 9.47 Å². The molecule has 0 radical (unpaired) electrons. The monoisotopic (exact) mass is 596 g/mol. The molecule has 0 amide bonds. The van der Waals surface area contributed by atoms with Crippen LogP contribution in [-0.4, -0.2) is 44.7 Å². The zero-order valence-electron chi connectivity index (χ0n) is 22.2. The number of halogens is 2. The molecule has 10 heteroatoms. The average molecular weight is 598 g/mol. The Hall–Kier alpha value is -1.74. The predicted octanol–water partition coefficient (Wildman–Crippen LogP) is 2.25. The molecule has 0 atom stereocenters. The molecule has 2 aromatic heterocycles. The molecule has 0 aliphatic carbocycles. The summed E-state index contributed by atoms with van der Waals surface area (Å²) in [5.74, 6) is 4.02. The number of benzene rings is 2. The molecule has 2 N–H and O–H groups in total. The number of nitrogens with one attached hydrogen (secondary N) is 2. The molecule has 2 aromatic carbocycles. The number of aromatic amines is 2. The highest BCUT2D eigenvalue weighted by Gasteiger charge is 2.06. The summed E-state index contributed by atoms with van der Waals surface area (Å²) in [6.45, 7) is 5.37. The second kappa shape index (κ2) is 17.8. The van der Waals surface area contributed by atoms with E-state index in [9.17, 15) is 0 Å². The van der Waals surface area contributed by atoms with Crippen LogP contribution in [0.5, 0.6) is 11.5 Å². The molecule has 0 spiro atoms. The number of hydrogen-bond acceptors (Lipinski definition) is 6. The Bertz CT molecular complexity index is 1120. The van der Waals surface area contributed by atoms with Gasteiger partial charge in [-0.25, -0.2) is 9.97 Å². The highest BCUT2D eigenvalue weighted by atomic mass is 35.5. The van der Waals surface area contributed by atoms with Crippen LogP contribution in [0.25, 0.3) is 22.1 Å². The first-order chi connectivity index (χ1) is 17.7. The van der Waals surface area contributed by atoms with Gasteiger partial charge in [-0.05, 0) is 51.0 Å². The SMILES string of the molecule is CCOc1ccc2nc(SCCCCCCCCCCSc3nc4ccc(OCC)cc4[nH]3)[nH]c2c1.[Cl-].[Cl-]. The van der Waals surface area contributed by atoms with E-state index >= 15 is 0 Å². The lowest BCUT2D eigenvalue weighted by Crippen LogP contribution is -3.00. The molecule has 0 saturated heterocycles. The van der Waals surface area contributed by atoms with E-state index in [2.05, 4.69) is 19.9 Å². The van der Waals surface area contributed by atoms with Crippen LogP contribution in [-0.2, 0) is 0 Å². The van der Waals surface area contributed by atoms with Gasteiger partial charge >= 0.3 is 0 Å². The molecule has 0 aliphatic heterocycles. The third-order valence-electron chi connectivity index (χ3n) is 6.00. The van der Waals surface area contributed by atoms with Gasteiger partial charge in [-0.15, -0.1) is 0 Å². The van der Waals surface area contributed by atoms with Gasteiger partial charge in [-0.3, -0.25) is 0 Å². The van der Waals surface area contributed by atoms with Gasteiger partial charge in [0.15, 0.2) is 10.3 Å². The van der Waals surface area contributed by atoms with Gasteiger partial charge in [0.1, 0.15) is 11.5 Å². The minimum Gasteiger partial charge on any atom is -1.00 e. The highest BCUT2D eigenvalue weighted by Crippen LogP contribution is 2.25. The molecular weight excluding hydrogens is 559 g/mol. The van der Waals surface area contributed by atoms with E-state index in [0.717, 1.165) is 55.4 Å². The Morgan fingerprint density at radius 3 is 1.39 bits per heavy atom. The van der Waals surface area contributed by atoms with Crippen molar-refractivity contribution in [2.24, 2.45) is 0 Å². The molecule has 4 aromatic rings. The number of hydrogen-bond donors (Lipinski definition) is 2. The standard InChI is InChI=1S/C28H38N4O2S2.2ClH/c1-3-33-21-13-15-23-25(19-21)31-27(29-23)35-17-11-9-7-5-6-8-10-12-18-36-28-30-24-16-14-22(34-4-2)20-26(24)32-28;;/h13-16,19-20H,3-12,17-18H2,1-2H3,(H,29,31)(H,30,32);2*1H/p-2. The molecule has 0 fully saturated rings. The fraction of sp³-hybridized carbons (Fsp3) is 0.500. The maximum absolute atomic E-state index is 5.57. The Morgan fingerprint density at radius 1 is 0.605 bits per heavy atom. The van der Waals surface area contributed by atoms with Crippen molar-refractivity contribution in [2.45, 2.75) is 75.5 Å². The Morgan fingerprint density at radius 2 is 1.00 bits per heavy atom. The zero-order valence-corrected chi connectivity index (χ0v) is 25.4. The van der Waals surface area contributed by atoms with Gasteiger partial charge in [0.25, 0.3) is 0 Å². The van der Waals surface area contributed by atoms with Crippen LogP contribution in [0.4, 0.5) is 0 Å². The fourth-order valence-electron chi connectivity index (χ4n) is 4.18. The van der Waals surface area contributed by atoms with Gasteiger partial charge in [0.2, 0.25) is 0 Å². The van der Waals surface area contributed by atoms with Crippen molar-refractivity contribution >= 4 is 45.6 Å². The van der Waals surface area contributed by atoms with Gasteiger partial charge in [-0.2, -0.15) is 0 Å². The number of nitrogens with zero attached hydrogens (tertiary/aromatic N) is 2. The van der Waals surface area contributed by atoms with Crippen LogP contribution in [0.2, 0.25) is 0 Å². The van der Waals surface area contributed by atoms with Crippen molar-refractivity contribution in [1.82, 2.24) is 19.9 Å². The summed E-state index contributed by atoms with van der Waals surface area (Å²) >= 11 is 3.64. The second-order valence-electron chi connectivity index (χ2n) is 8.83. The Balaban J connectivity index is 0.00000253. The van der Waals surface area contributed by atoms with Crippen LogP contribution < -0.4 is 34.3 Å². The number of aromatic nitrogens is 4. The predicted molar refractivity (Wildman–Crippen MR) is 153 cm³/mol. The first-order valence-corrected chi connectivity index (χ1v) is 15.2. The molecule has 0 bridgehead atoms. The second-order valence-corrected chi connectivity index (χ2v) is 11.0.